The van der Waals surface area contributed by atoms with Gasteiger partial charge >= 0.3 is 0 Å². The van der Waals surface area contributed by atoms with Crippen LogP contribution < -0.4 is 5.32 Å². The molecular weight excluding hydrogens is 384 g/mol. The molecule has 0 spiro atoms. The Hall–Kier alpha value is -0.650. The van der Waals surface area contributed by atoms with Crippen LogP contribution in [0.25, 0.3) is 11.3 Å². The highest BCUT2D eigenvalue weighted by atomic mass is 79.9. The Morgan fingerprint density at radius 2 is 2.10 bits per heavy atom. The fraction of sp³-hybridized carbons (Fsp3) is 0.400. The van der Waals surface area contributed by atoms with Gasteiger partial charge in [-0.2, -0.15) is 0 Å². The number of oxazole rings is 1. The summed E-state index contributed by atoms with van der Waals surface area (Å²) in [4.78, 5) is 4.34. The number of aromatic nitrogens is 1. The van der Waals surface area contributed by atoms with Crippen LogP contribution in [0, 0.1) is 5.92 Å². The zero-order valence-electron chi connectivity index (χ0n) is 11.6. The van der Waals surface area contributed by atoms with E-state index in [1.807, 2.05) is 18.2 Å². The molecule has 0 aliphatic heterocycles. The number of nitrogens with zero attached hydrogens (tertiary/aromatic N) is 1. The summed E-state index contributed by atoms with van der Waals surface area (Å²) in [6.07, 6.45) is 2.59. The Morgan fingerprint density at radius 1 is 1.30 bits per heavy atom. The number of hydrogen-bond donors (Lipinski definition) is 1. The van der Waals surface area contributed by atoms with Crippen LogP contribution in [0.3, 0.4) is 0 Å². The zero-order valence-corrected chi connectivity index (χ0v) is 14.8. The molecule has 108 valence electrons. The van der Waals surface area contributed by atoms with Crippen molar-refractivity contribution in [1.82, 2.24) is 10.3 Å². The van der Waals surface area contributed by atoms with Gasteiger partial charge in [-0.15, -0.1) is 0 Å². The minimum absolute atomic E-state index is 0.660. The van der Waals surface area contributed by atoms with Crippen LogP contribution in [0.4, 0.5) is 0 Å². The van der Waals surface area contributed by atoms with E-state index < -0.39 is 0 Å². The van der Waals surface area contributed by atoms with E-state index in [2.05, 4.69) is 56.0 Å². The second-order valence-electron chi connectivity index (χ2n) is 5.09. The Morgan fingerprint density at radius 3 is 2.85 bits per heavy atom. The quantitative estimate of drug-likeness (QED) is 0.715. The molecule has 0 unspecified atom stereocenters. The first-order valence-corrected chi connectivity index (χ1v) is 8.25. The monoisotopic (exact) mass is 400 g/mol. The van der Waals surface area contributed by atoms with Crippen molar-refractivity contribution in [3.8, 4) is 11.3 Å². The summed E-state index contributed by atoms with van der Waals surface area (Å²) in [6.45, 7) is 6.30. The molecule has 0 amide bonds. The molecule has 1 aromatic heterocycles. The third kappa shape index (κ3) is 4.43. The Bertz CT molecular complexity index is 567. The van der Waals surface area contributed by atoms with Crippen molar-refractivity contribution >= 4 is 31.9 Å². The first kappa shape index (κ1) is 15.7. The van der Waals surface area contributed by atoms with Crippen LogP contribution in [0.1, 0.15) is 19.7 Å². The van der Waals surface area contributed by atoms with Gasteiger partial charge in [0.15, 0.2) is 11.7 Å². The Labute approximate surface area is 136 Å². The maximum atomic E-state index is 5.81. The minimum Gasteiger partial charge on any atom is -0.441 e. The highest BCUT2D eigenvalue weighted by Crippen LogP contribution is 2.31. The number of nitrogens with one attached hydrogen (secondary N) is 1. The highest BCUT2D eigenvalue weighted by molar-refractivity contribution is 9.11. The molecule has 20 heavy (non-hydrogen) atoms. The summed E-state index contributed by atoms with van der Waals surface area (Å²) in [6, 6.07) is 6.00. The number of hydrogen-bond acceptors (Lipinski definition) is 3. The number of halogens is 2. The molecule has 1 heterocycles. The summed E-state index contributed by atoms with van der Waals surface area (Å²) in [5.41, 5.74) is 1.01. The maximum absolute atomic E-state index is 5.81. The SMILES string of the molecule is CC(C)CNCCc1ncc(-c2cc(Br)ccc2Br)o1. The van der Waals surface area contributed by atoms with Gasteiger partial charge in [0.25, 0.3) is 0 Å². The van der Waals surface area contributed by atoms with Crippen LogP contribution in [0.15, 0.2) is 37.8 Å². The topological polar surface area (TPSA) is 38.1 Å². The van der Waals surface area contributed by atoms with Crippen LogP contribution >= 0.6 is 31.9 Å². The highest BCUT2D eigenvalue weighted by Gasteiger charge is 2.10. The van der Waals surface area contributed by atoms with E-state index in [1.165, 1.54) is 0 Å². The predicted octanol–water partition coefficient (Wildman–Crippen LogP) is 4.65. The van der Waals surface area contributed by atoms with Crippen molar-refractivity contribution < 1.29 is 4.42 Å². The van der Waals surface area contributed by atoms with Crippen molar-refractivity contribution in [2.24, 2.45) is 5.92 Å². The van der Waals surface area contributed by atoms with Gasteiger partial charge in [0, 0.05) is 27.5 Å². The summed E-state index contributed by atoms with van der Waals surface area (Å²) in [5.74, 6) is 2.22. The fourth-order valence-corrected chi connectivity index (χ4v) is 2.63. The molecule has 2 rings (SSSR count). The average molecular weight is 402 g/mol. The van der Waals surface area contributed by atoms with Gasteiger partial charge < -0.3 is 9.73 Å². The van der Waals surface area contributed by atoms with Crippen molar-refractivity contribution in [2.75, 3.05) is 13.1 Å². The molecule has 5 heteroatoms. The van der Waals surface area contributed by atoms with E-state index in [-0.39, 0.29) is 0 Å². The van der Waals surface area contributed by atoms with E-state index in [9.17, 15) is 0 Å². The van der Waals surface area contributed by atoms with Gasteiger partial charge in [0.1, 0.15) is 0 Å². The van der Waals surface area contributed by atoms with Crippen LogP contribution in [0.2, 0.25) is 0 Å². The molecule has 0 aliphatic carbocycles. The maximum Gasteiger partial charge on any atom is 0.196 e. The predicted molar refractivity (Wildman–Crippen MR) is 88.8 cm³/mol. The van der Waals surface area contributed by atoms with Crippen LogP contribution in [-0.2, 0) is 6.42 Å². The van der Waals surface area contributed by atoms with E-state index in [0.29, 0.717) is 5.92 Å². The minimum atomic E-state index is 0.660. The van der Waals surface area contributed by atoms with Gasteiger partial charge in [-0.3, -0.25) is 0 Å². The summed E-state index contributed by atoms with van der Waals surface area (Å²) < 4.78 is 7.83. The average Bonchev–Trinajstić information content (AvgIpc) is 2.86. The van der Waals surface area contributed by atoms with E-state index in [0.717, 1.165) is 45.7 Å². The second-order valence-corrected chi connectivity index (χ2v) is 6.86. The number of rotatable bonds is 6. The lowest BCUT2D eigenvalue weighted by Gasteiger charge is -2.05. The molecule has 0 atom stereocenters. The molecule has 0 bridgehead atoms. The van der Waals surface area contributed by atoms with Crippen LogP contribution in [0.5, 0.6) is 0 Å². The molecular formula is C15H18Br2N2O. The summed E-state index contributed by atoms with van der Waals surface area (Å²) in [5, 5.41) is 3.39. The van der Waals surface area contributed by atoms with Crippen molar-refractivity contribution in [3.63, 3.8) is 0 Å². The fourth-order valence-electron chi connectivity index (χ4n) is 1.82. The first-order valence-electron chi connectivity index (χ1n) is 6.67. The van der Waals surface area contributed by atoms with Gasteiger partial charge in [0.05, 0.1) is 6.20 Å². The third-order valence-corrected chi connectivity index (χ3v) is 4.00. The van der Waals surface area contributed by atoms with Gasteiger partial charge in [-0.25, -0.2) is 4.98 Å². The molecule has 0 fully saturated rings. The molecule has 0 saturated heterocycles. The van der Waals surface area contributed by atoms with Gasteiger partial charge in [-0.05, 0) is 30.7 Å². The lowest BCUT2D eigenvalue weighted by Crippen LogP contribution is -2.22. The standard InChI is InChI=1S/C15H18Br2N2O/c1-10(2)8-18-6-5-15-19-9-14(20-15)12-7-11(16)3-4-13(12)17/h3-4,7,9-10,18H,5-6,8H2,1-2H3. The molecule has 2 aromatic rings. The number of benzene rings is 1. The molecule has 1 N–H and O–H groups in total. The lowest BCUT2D eigenvalue weighted by atomic mass is 10.2. The molecule has 1 aromatic carbocycles. The second kappa shape index (κ2) is 7.38. The molecule has 3 nitrogen and oxygen atoms in total. The lowest BCUT2D eigenvalue weighted by molar-refractivity contribution is 0.483. The van der Waals surface area contributed by atoms with Crippen molar-refractivity contribution in [1.29, 1.82) is 0 Å². The molecule has 0 saturated carbocycles. The third-order valence-electron chi connectivity index (χ3n) is 2.82. The van der Waals surface area contributed by atoms with E-state index in [1.54, 1.807) is 6.20 Å². The largest absolute Gasteiger partial charge is 0.441 e. The van der Waals surface area contributed by atoms with Crippen molar-refractivity contribution in [3.05, 3.63) is 39.2 Å². The smallest absolute Gasteiger partial charge is 0.196 e. The Balaban J connectivity index is 2.00. The van der Waals surface area contributed by atoms with E-state index in [4.69, 9.17) is 4.42 Å². The normalized spacial score (nSPS) is 11.2. The van der Waals surface area contributed by atoms with Gasteiger partial charge in [-0.1, -0.05) is 45.7 Å². The summed E-state index contributed by atoms with van der Waals surface area (Å²) >= 11 is 7.01. The van der Waals surface area contributed by atoms with Crippen LogP contribution in [-0.4, -0.2) is 18.1 Å². The molecule has 0 aliphatic rings. The van der Waals surface area contributed by atoms with Crippen molar-refractivity contribution in [2.45, 2.75) is 20.3 Å². The Kier molecular flexibility index (Phi) is 5.81. The zero-order chi connectivity index (χ0) is 14.5. The molecule has 0 radical (unpaired) electrons. The summed E-state index contributed by atoms with van der Waals surface area (Å²) in [7, 11) is 0. The van der Waals surface area contributed by atoms with Gasteiger partial charge in [0.2, 0.25) is 0 Å². The first-order chi connectivity index (χ1) is 9.56. The van der Waals surface area contributed by atoms with E-state index >= 15 is 0 Å².